The summed E-state index contributed by atoms with van der Waals surface area (Å²) in [6, 6.07) is 13.3. The number of aromatic nitrogens is 2. The number of carbonyl (C=O) groups excluding carboxylic acids is 3. The Hall–Kier alpha value is -3.94. The Bertz CT molecular complexity index is 1470. The van der Waals surface area contributed by atoms with Gasteiger partial charge in [-0.25, -0.2) is 9.59 Å². The number of esters is 1. The highest BCUT2D eigenvalue weighted by Gasteiger charge is 2.28. The van der Waals surface area contributed by atoms with Crippen molar-refractivity contribution >= 4 is 17.8 Å². The minimum Gasteiger partial charge on any atom is -0.465 e. The molecule has 2 amide bonds. The zero-order valence-corrected chi connectivity index (χ0v) is 25.6. The molecule has 1 N–H and O–H groups in total. The SMILES string of the molecule is COC(=O)c1cccc(-c2ccc(CCC(=O)c3cc(C(C)(C)C)nn3C)c3c2CCN(C(=O)NC(C)(C)C)C3)c1. The van der Waals surface area contributed by atoms with Gasteiger partial charge in [0.1, 0.15) is 5.69 Å². The number of Topliss-reactive ketones (excluding diaryl/α,β-unsaturated/α-hetero) is 1. The van der Waals surface area contributed by atoms with Gasteiger partial charge < -0.3 is 15.0 Å². The number of amides is 2. The highest BCUT2D eigenvalue weighted by molar-refractivity contribution is 5.95. The maximum absolute atomic E-state index is 13.3. The fourth-order valence-corrected chi connectivity index (χ4v) is 5.22. The van der Waals surface area contributed by atoms with E-state index in [0.29, 0.717) is 43.6 Å². The molecule has 0 fully saturated rings. The maximum Gasteiger partial charge on any atom is 0.337 e. The number of carbonyl (C=O) groups is 3. The van der Waals surface area contributed by atoms with Crippen molar-refractivity contribution in [3.8, 4) is 11.1 Å². The van der Waals surface area contributed by atoms with Gasteiger partial charge in [0, 0.05) is 37.5 Å². The standard InChI is InChI=1S/C33H42N4O4/c1-32(2,3)29-19-27(36(7)35-29)28(38)15-13-21-12-14-24(22-10-9-11-23(18-22)30(39)41-8)25-16-17-37(20-26(21)25)31(40)34-33(4,5)6/h9-12,14,18-19H,13,15-17,20H2,1-8H3,(H,34,40). The van der Waals surface area contributed by atoms with E-state index in [0.717, 1.165) is 33.5 Å². The van der Waals surface area contributed by atoms with E-state index in [1.54, 1.807) is 10.7 Å². The van der Waals surface area contributed by atoms with Crippen LogP contribution in [0.5, 0.6) is 0 Å². The highest BCUT2D eigenvalue weighted by atomic mass is 16.5. The summed E-state index contributed by atoms with van der Waals surface area (Å²) in [5, 5.41) is 7.65. The molecule has 1 aliphatic rings. The number of hydrogen-bond acceptors (Lipinski definition) is 5. The van der Waals surface area contributed by atoms with E-state index in [-0.39, 0.29) is 28.7 Å². The first-order valence-corrected chi connectivity index (χ1v) is 14.1. The summed E-state index contributed by atoms with van der Waals surface area (Å²) in [6.45, 7) is 13.2. The molecule has 0 atom stereocenters. The molecular formula is C33H42N4O4. The van der Waals surface area contributed by atoms with E-state index in [9.17, 15) is 14.4 Å². The van der Waals surface area contributed by atoms with Crippen LogP contribution in [0.1, 0.15) is 91.2 Å². The number of ketones is 1. The molecule has 0 bridgehead atoms. The van der Waals surface area contributed by atoms with Crippen molar-refractivity contribution in [2.24, 2.45) is 7.05 Å². The van der Waals surface area contributed by atoms with E-state index >= 15 is 0 Å². The molecule has 1 aliphatic heterocycles. The number of nitrogens with one attached hydrogen (secondary N) is 1. The van der Waals surface area contributed by atoms with Gasteiger partial charge in [-0.05, 0) is 79.6 Å². The van der Waals surface area contributed by atoms with Gasteiger partial charge >= 0.3 is 12.0 Å². The molecule has 0 radical (unpaired) electrons. The Kier molecular flexibility index (Phi) is 8.43. The Labute approximate surface area is 243 Å². The summed E-state index contributed by atoms with van der Waals surface area (Å²) < 4.78 is 6.61. The van der Waals surface area contributed by atoms with Crippen LogP contribution in [-0.2, 0) is 36.6 Å². The lowest BCUT2D eigenvalue weighted by Crippen LogP contribution is -2.50. The van der Waals surface area contributed by atoms with Gasteiger partial charge in [0.2, 0.25) is 0 Å². The number of hydrogen-bond donors (Lipinski definition) is 1. The molecule has 0 spiro atoms. The summed E-state index contributed by atoms with van der Waals surface area (Å²) in [5.41, 5.74) is 6.69. The van der Waals surface area contributed by atoms with Gasteiger partial charge in [-0.2, -0.15) is 5.10 Å². The van der Waals surface area contributed by atoms with Crippen molar-refractivity contribution in [2.75, 3.05) is 13.7 Å². The molecule has 0 saturated carbocycles. The molecule has 4 rings (SSSR count). The number of aryl methyl sites for hydroxylation is 2. The first-order valence-electron chi connectivity index (χ1n) is 14.1. The van der Waals surface area contributed by atoms with Crippen LogP contribution in [0, 0.1) is 0 Å². The third-order valence-electron chi connectivity index (χ3n) is 7.43. The van der Waals surface area contributed by atoms with Gasteiger partial charge in [-0.3, -0.25) is 9.48 Å². The Balaban J connectivity index is 1.67. The second-order valence-electron chi connectivity index (χ2n) is 12.9. The Morgan fingerprint density at radius 2 is 1.73 bits per heavy atom. The molecule has 0 saturated heterocycles. The molecule has 3 aromatic rings. The van der Waals surface area contributed by atoms with E-state index in [2.05, 4.69) is 43.3 Å². The molecule has 2 aromatic carbocycles. The monoisotopic (exact) mass is 558 g/mol. The summed E-state index contributed by atoms with van der Waals surface area (Å²) in [6.07, 6.45) is 1.55. The van der Waals surface area contributed by atoms with Crippen LogP contribution in [0.2, 0.25) is 0 Å². The van der Waals surface area contributed by atoms with Crippen LogP contribution in [0.15, 0.2) is 42.5 Å². The van der Waals surface area contributed by atoms with Crippen molar-refractivity contribution in [1.82, 2.24) is 20.0 Å². The van der Waals surface area contributed by atoms with Crippen LogP contribution in [-0.4, -0.2) is 51.7 Å². The normalized spacial score (nSPS) is 13.5. The number of rotatable bonds is 6. The molecule has 8 heteroatoms. The molecule has 0 aliphatic carbocycles. The van der Waals surface area contributed by atoms with E-state index in [1.165, 1.54) is 7.11 Å². The number of fused-ring (bicyclic) bond motifs is 1. The largest absolute Gasteiger partial charge is 0.465 e. The number of nitrogens with zero attached hydrogens (tertiary/aromatic N) is 3. The number of urea groups is 1. The fourth-order valence-electron chi connectivity index (χ4n) is 5.22. The van der Waals surface area contributed by atoms with Crippen molar-refractivity contribution in [1.29, 1.82) is 0 Å². The Morgan fingerprint density at radius 1 is 1.00 bits per heavy atom. The zero-order valence-electron chi connectivity index (χ0n) is 25.6. The molecule has 1 aromatic heterocycles. The van der Waals surface area contributed by atoms with Crippen LogP contribution in [0.25, 0.3) is 11.1 Å². The molecular weight excluding hydrogens is 516 g/mol. The van der Waals surface area contributed by atoms with Gasteiger partial charge in [0.15, 0.2) is 5.78 Å². The third-order valence-corrected chi connectivity index (χ3v) is 7.43. The van der Waals surface area contributed by atoms with Crippen molar-refractivity contribution in [2.45, 2.75) is 78.3 Å². The van der Waals surface area contributed by atoms with Gasteiger partial charge in [0.25, 0.3) is 0 Å². The molecule has 8 nitrogen and oxygen atoms in total. The first kappa shape index (κ1) is 30.0. The van der Waals surface area contributed by atoms with Crippen LogP contribution < -0.4 is 5.32 Å². The lowest BCUT2D eigenvalue weighted by atomic mass is 9.85. The zero-order chi connectivity index (χ0) is 30.1. The van der Waals surface area contributed by atoms with Gasteiger partial charge in [-0.1, -0.05) is 45.0 Å². The highest BCUT2D eigenvalue weighted by Crippen LogP contribution is 2.34. The fraction of sp³-hybridized carbons (Fsp3) is 0.455. The van der Waals surface area contributed by atoms with Crippen LogP contribution >= 0.6 is 0 Å². The molecule has 41 heavy (non-hydrogen) atoms. The minimum atomic E-state index is -0.384. The van der Waals surface area contributed by atoms with Crippen LogP contribution in [0.4, 0.5) is 4.79 Å². The van der Waals surface area contributed by atoms with E-state index in [1.807, 2.05) is 57.0 Å². The quantitative estimate of drug-likeness (QED) is 0.303. The summed E-state index contributed by atoms with van der Waals surface area (Å²) in [4.78, 5) is 40.5. The molecule has 218 valence electrons. The molecule has 2 heterocycles. The minimum absolute atomic E-state index is 0.0391. The van der Waals surface area contributed by atoms with Gasteiger partial charge in [-0.15, -0.1) is 0 Å². The summed E-state index contributed by atoms with van der Waals surface area (Å²) >= 11 is 0. The van der Waals surface area contributed by atoms with Crippen LogP contribution in [0.3, 0.4) is 0 Å². The van der Waals surface area contributed by atoms with Gasteiger partial charge in [0.05, 0.1) is 18.4 Å². The lowest BCUT2D eigenvalue weighted by molar-refractivity contribution is 0.0600. The average Bonchev–Trinajstić information content (AvgIpc) is 3.32. The van der Waals surface area contributed by atoms with Crippen molar-refractivity contribution < 1.29 is 19.1 Å². The number of ether oxygens (including phenoxy) is 1. The van der Waals surface area contributed by atoms with E-state index in [4.69, 9.17) is 4.74 Å². The third kappa shape index (κ3) is 6.87. The predicted octanol–water partition coefficient (Wildman–Crippen LogP) is 5.85. The smallest absolute Gasteiger partial charge is 0.337 e. The summed E-state index contributed by atoms with van der Waals surface area (Å²) in [5.74, 6) is -0.345. The first-order chi connectivity index (χ1) is 19.2. The number of methoxy groups -OCH3 is 1. The second-order valence-corrected chi connectivity index (χ2v) is 12.9. The lowest BCUT2D eigenvalue weighted by Gasteiger charge is -2.34. The van der Waals surface area contributed by atoms with Crippen molar-refractivity contribution in [3.05, 3.63) is 76.1 Å². The number of benzene rings is 2. The second kappa shape index (κ2) is 11.5. The van der Waals surface area contributed by atoms with E-state index < -0.39 is 0 Å². The maximum atomic E-state index is 13.3. The van der Waals surface area contributed by atoms with Crippen molar-refractivity contribution in [3.63, 3.8) is 0 Å². The Morgan fingerprint density at radius 3 is 2.37 bits per heavy atom. The molecule has 0 unspecified atom stereocenters. The predicted molar refractivity (Wildman–Crippen MR) is 160 cm³/mol. The topological polar surface area (TPSA) is 93.5 Å². The average molecular weight is 559 g/mol. The summed E-state index contributed by atoms with van der Waals surface area (Å²) in [7, 11) is 3.19.